The molecule has 3 rings (SSSR count). The smallest absolute Gasteiger partial charge is 0.261 e. The van der Waals surface area contributed by atoms with Gasteiger partial charge in [-0.15, -0.1) is 0 Å². The highest BCUT2D eigenvalue weighted by atomic mass is 16.5. The highest BCUT2D eigenvalue weighted by Crippen LogP contribution is 2.18. The highest BCUT2D eigenvalue weighted by Gasteiger charge is 2.14. The summed E-state index contributed by atoms with van der Waals surface area (Å²) in [5, 5.41) is 0.715. The minimum atomic E-state index is 0.0652. The molecule has 0 saturated carbocycles. The number of fused-ring (bicyclic) bond motifs is 1. The third-order valence-corrected chi connectivity index (χ3v) is 4.09. The van der Waals surface area contributed by atoms with E-state index in [4.69, 9.17) is 4.74 Å². The summed E-state index contributed by atoms with van der Waals surface area (Å²) < 4.78 is 7.22. The number of hydrogen-bond acceptors (Lipinski definition) is 3. The molecular weight excluding hydrogens is 252 g/mol. The van der Waals surface area contributed by atoms with Crippen molar-refractivity contribution in [1.29, 1.82) is 0 Å². The Morgan fingerprint density at radius 1 is 1.45 bits per heavy atom. The van der Waals surface area contributed by atoms with Gasteiger partial charge in [0.05, 0.1) is 17.2 Å². The monoisotopic (exact) mass is 272 g/mol. The first-order valence-corrected chi connectivity index (χ1v) is 7.28. The third-order valence-electron chi connectivity index (χ3n) is 4.09. The molecule has 1 aliphatic heterocycles. The fourth-order valence-electron chi connectivity index (χ4n) is 2.85. The number of ether oxygens (including phenoxy) is 1. The summed E-state index contributed by atoms with van der Waals surface area (Å²) in [5.74, 6) is 0.573. The number of nitrogens with zero attached hydrogens (tertiary/aromatic N) is 2. The molecule has 1 atom stereocenters. The first kappa shape index (κ1) is 13.3. The summed E-state index contributed by atoms with van der Waals surface area (Å²) in [5.41, 5.74) is 1.93. The summed E-state index contributed by atoms with van der Waals surface area (Å²) in [6.07, 6.45) is 5.00. The Bertz CT molecular complexity index is 657. The second kappa shape index (κ2) is 5.75. The van der Waals surface area contributed by atoms with Gasteiger partial charge >= 0.3 is 0 Å². The molecule has 4 heteroatoms. The van der Waals surface area contributed by atoms with Crippen LogP contribution < -0.4 is 5.56 Å². The van der Waals surface area contributed by atoms with Crippen LogP contribution in [0.1, 0.15) is 24.8 Å². The molecule has 0 bridgehead atoms. The van der Waals surface area contributed by atoms with Gasteiger partial charge in [-0.25, -0.2) is 4.98 Å². The Balaban J connectivity index is 1.81. The van der Waals surface area contributed by atoms with Gasteiger partial charge in [0.15, 0.2) is 0 Å². The van der Waals surface area contributed by atoms with Crippen LogP contribution in [0.4, 0.5) is 0 Å². The largest absolute Gasteiger partial charge is 0.381 e. The summed E-state index contributed by atoms with van der Waals surface area (Å²) in [6, 6.07) is 5.76. The number of rotatable bonds is 3. The number of benzene rings is 1. The molecule has 0 spiro atoms. The predicted molar refractivity (Wildman–Crippen MR) is 78.9 cm³/mol. The molecule has 1 aromatic heterocycles. The predicted octanol–water partition coefficient (Wildman–Crippen LogP) is 2.52. The third kappa shape index (κ3) is 2.61. The SMILES string of the molecule is Cc1cccc2c(=O)n(CC[C@H]3CCCOC3)cnc12. The molecule has 1 aliphatic rings. The van der Waals surface area contributed by atoms with Gasteiger partial charge in [-0.3, -0.25) is 9.36 Å². The Hall–Kier alpha value is -1.68. The van der Waals surface area contributed by atoms with E-state index >= 15 is 0 Å². The minimum Gasteiger partial charge on any atom is -0.381 e. The molecule has 1 aromatic carbocycles. The maximum absolute atomic E-state index is 12.4. The van der Waals surface area contributed by atoms with Crippen LogP contribution in [-0.4, -0.2) is 22.8 Å². The molecule has 2 aromatic rings. The van der Waals surface area contributed by atoms with Crippen LogP contribution in [0.3, 0.4) is 0 Å². The van der Waals surface area contributed by atoms with E-state index in [0.29, 0.717) is 11.3 Å². The zero-order valence-corrected chi connectivity index (χ0v) is 11.8. The minimum absolute atomic E-state index is 0.0652. The second-order valence-electron chi connectivity index (χ2n) is 5.59. The van der Waals surface area contributed by atoms with Crippen LogP contribution in [0, 0.1) is 12.8 Å². The molecule has 1 saturated heterocycles. The van der Waals surface area contributed by atoms with Crippen LogP contribution in [0.25, 0.3) is 10.9 Å². The van der Waals surface area contributed by atoms with Crippen LogP contribution >= 0.6 is 0 Å². The molecule has 0 radical (unpaired) electrons. The normalized spacial score (nSPS) is 19.4. The van der Waals surface area contributed by atoms with Gasteiger partial charge in [0.2, 0.25) is 0 Å². The van der Waals surface area contributed by atoms with Crippen molar-refractivity contribution in [2.24, 2.45) is 5.92 Å². The Morgan fingerprint density at radius 2 is 2.35 bits per heavy atom. The van der Waals surface area contributed by atoms with Crippen LogP contribution in [0.15, 0.2) is 29.3 Å². The molecule has 106 valence electrons. The summed E-state index contributed by atoms with van der Waals surface area (Å²) in [6.45, 7) is 4.42. The van der Waals surface area contributed by atoms with E-state index in [1.165, 1.54) is 6.42 Å². The van der Waals surface area contributed by atoms with Gasteiger partial charge in [0.1, 0.15) is 0 Å². The molecular formula is C16H20N2O2. The van der Waals surface area contributed by atoms with Crippen molar-refractivity contribution in [3.63, 3.8) is 0 Å². The van der Waals surface area contributed by atoms with Crippen molar-refractivity contribution >= 4 is 10.9 Å². The van der Waals surface area contributed by atoms with E-state index in [0.717, 1.165) is 43.7 Å². The van der Waals surface area contributed by atoms with E-state index in [9.17, 15) is 4.79 Å². The number of aromatic nitrogens is 2. The first-order chi connectivity index (χ1) is 9.75. The van der Waals surface area contributed by atoms with Crippen molar-refractivity contribution < 1.29 is 4.74 Å². The van der Waals surface area contributed by atoms with E-state index in [-0.39, 0.29) is 5.56 Å². The fourth-order valence-corrected chi connectivity index (χ4v) is 2.85. The van der Waals surface area contributed by atoms with Crippen LogP contribution in [-0.2, 0) is 11.3 Å². The average Bonchev–Trinajstić information content (AvgIpc) is 2.48. The molecule has 1 fully saturated rings. The van der Waals surface area contributed by atoms with Gasteiger partial charge in [0, 0.05) is 19.8 Å². The van der Waals surface area contributed by atoms with Crippen molar-refractivity contribution in [1.82, 2.24) is 9.55 Å². The lowest BCUT2D eigenvalue weighted by Gasteiger charge is -2.22. The standard InChI is InChI=1S/C16H20N2O2/c1-12-4-2-6-14-15(12)17-11-18(16(14)19)8-7-13-5-3-9-20-10-13/h2,4,6,11,13H,3,5,7-10H2,1H3/t13-/m1/s1. The topological polar surface area (TPSA) is 44.1 Å². The fraction of sp³-hybridized carbons (Fsp3) is 0.500. The molecule has 4 nitrogen and oxygen atoms in total. The maximum Gasteiger partial charge on any atom is 0.261 e. The molecule has 0 amide bonds. The van der Waals surface area contributed by atoms with Crippen molar-refractivity contribution in [3.8, 4) is 0 Å². The lowest BCUT2D eigenvalue weighted by atomic mass is 9.99. The lowest BCUT2D eigenvalue weighted by molar-refractivity contribution is 0.0499. The quantitative estimate of drug-likeness (QED) is 0.862. The van der Waals surface area contributed by atoms with Crippen molar-refractivity contribution in [2.75, 3.05) is 13.2 Å². The number of aryl methyl sites for hydroxylation is 2. The summed E-state index contributed by atoms with van der Waals surface area (Å²) in [4.78, 5) is 16.9. The van der Waals surface area contributed by atoms with Crippen molar-refractivity contribution in [3.05, 3.63) is 40.4 Å². The molecule has 0 N–H and O–H groups in total. The zero-order valence-electron chi connectivity index (χ0n) is 11.8. The lowest BCUT2D eigenvalue weighted by Crippen LogP contribution is -2.24. The van der Waals surface area contributed by atoms with E-state index in [1.54, 1.807) is 10.9 Å². The van der Waals surface area contributed by atoms with Gasteiger partial charge in [-0.05, 0) is 43.7 Å². The maximum atomic E-state index is 12.4. The average molecular weight is 272 g/mol. The Labute approximate surface area is 118 Å². The van der Waals surface area contributed by atoms with Crippen LogP contribution in [0.5, 0.6) is 0 Å². The number of hydrogen-bond donors (Lipinski definition) is 0. The van der Waals surface area contributed by atoms with E-state index in [2.05, 4.69) is 4.98 Å². The van der Waals surface area contributed by atoms with Gasteiger partial charge < -0.3 is 4.74 Å². The van der Waals surface area contributed by atoms with Gasteiger partial charge in [-0.2, -0.15) is 0 Å². The Morgan fingerprint density at radius 3 is 3.15 bits per heavy atom. The zero-order chi connectivity index (χ0) is 13.9. The van der Waals surface area contributed by atoms with Crippen molar-refractivity contribution in [2.45, 2.75) is 32.7 Å². The van der Waals surface area contributed by atoms with E-state index < -0.39 is 0 Å². The second-order valence-corrected chi connectivity index (χ2v) is 5.59. The van der Waals surface area contributed by atoms with Gasteiger partial charge in [0.25, 0.3) is 5.56 Å². The first-order valence-electron chi connectivity index (χ1n) is 7.28. The molecule has 0 aliphatic carbocycles. The highest BCUT2D eigenvalue weighted by molar-refractivity contribution is 5.80. The van der Waals surface area contributed by atoms with Gasteiger partial charge in [-0.1, -0.05) is 12.1 Å². The molecule has 0 unspecified atom stereocenters. The summed E-state index contributed by atoms with van der Waals surface area (Å²) in [7, 11) is 0. The molecule has 2 heterocycles. The number of para-hydroxylation sites is 1. The van der Waals surface area contributed by atoms with Crippen LogP contribution in [0.2, 0.25) is 0 Å². The molecule has 20 heavy (non-hydrogen) atoms. The Kier molecular flexibility index (Phi) is 3.83. The van der Waals surface area contributed by atoms with E-state index in [1.807, 2.05) is 25.1 Å². The summed E-state index contributed by atoms with van der Waals surface area (Å²) >= 11 is 0.